The van der Waals surface area contributed by atoms with Crippen molar-refractivity contribution in [3.8, 4) is 23.0 Å². The van der Waals surface area contributed by atoms with E-state index in [9.17, 15) is 4.79 Å². The van der Waals surface area contributed by atoms with Crippen LogP contribution in [0.15, 0.2) is 47.1 Å². The quantitative estimate of drug-likeness (QED) is 0.543. The highest BCUT2D eigenvalue weighted by Crippen LogP contribution is 2.46. The molecule has 4 rings (SSSR count). The summed E-state index contributed by atoms with van der Waals surface area (Å²) in [5.41, 5.74) is 3.76. The van der Waals surface area contributed by atoms with Crippen LogP contribution in [0.25, 0.3) is 6.08 Å². The van der Waals surface area contributed by atoms with Crippen molar-refractivity contribution in [2.24, 2.45) is 11.0 Å². The second kappa shape index (κ2) is 11.0. The Labute approximate surface area is 213 Å². The maximum absolute atomic E-state index is 12.9. The fraction of sp³-hybridized carbons (Fsp3) is 0.429. The molecule has 2 aliphatic heterocycles. The van der Waals surface area contributed by atoms with Crippen LogP contribution in [0, 0.1) is 5.92 Å². The summed E-state index contributed by atoms with van der Waals surface area (Å²) in [4.78, 5) is 15.3. The maximum atomic E-state index is 12.9. The summed E-state index contributed by atoms with van der Waals surface area (Å²) >= 11 is 0. The van der Waals surface area contributed by atoms with Crippen molar-refractivity contribution < 1.29 is 23.7 Å². The van der Waals surface area contributed by atoms with Crippen LogP contribution in [0.4, 0.5) is 0 Å². The topological polar surface area (TPSA) is 72.8 Å². The van der Waals surface area contributed by atoms with Crippen LogP contribution >= 0.6 is 0 Å². The van der Waals surface area contributed by atoms with Gasteiger partial charge in [0.2, 0.25) is 5.91 Å². The van der Waals surface area contributed by atoms with Crippen molar-refractivity contribution >= 4 is 17.7 Å². The van der Waals surface area contributed by atoms with Crippen LogP contribution in [-0.4, -0.2) is 69.6 Å². The molecular weight excluding hydrogens is 458 g/mol. The predicted molar refractivity (Wildman–Crippen MR) is 140 cm³/mol. The molecule has 2 aliphatic rings. The smallest absolute Gasteiger partial charge is 0.240 e. The molecule has 2 unspecified atom stereocenters. The minimum absolute atomic E-state index is 0.0296. The SMILES string of the molecule is CCCN1C/C(=C\c2cccc(OC)c2OC)C2=NN(C(C)=O)C(c3cccc(OC)c3OC)C2C1. The lowest BCUT2D eigenvalue weighted by molar-refractivity contribution is -0.131. The van der Waals surface area contributed by atoms with Gasteiger partial charge in [-0.25, -0.2) is 5.01 Å². The summed E-state index contributed by atoms with van der Waals surface area (Å²) < 4.78 is 22.5. The fourth-order valence-electron chi connectivity index (χ4n) is 5.30. The first-order chi connectivity index (χ1) is 17.5. The number of hydrazone groups is 1. The van der Waals surface area contributed by atoms with Crippen LogP contribution in [0.2, 0.25) is 0 Å². The van der Waals surface area contributed by atoms with E-state index in [1.165, 1.54) is 0 Å². The van der Waals surface area contributed by atoms with Crippen molar-refractivity contribution in [1.82, 2.24) is 9.91 Å². The molecule has 2 aromatic rings. The first-order valence-electron chi connectivity index (χ1n) is 12.2. The van der Waals surface area contributed by atoms with Crippen molar-refractivity contribution in [3.05, 3.63) is 53.1 Å². The Morgan fingerprint density at radius 2 is 1.67 bits per heavy atom. The molecule has 0 aliphatic carbocycles. The van der Waals surface area contributed by atoms with Gasteiger partial charge >= 0.3 is 0 Å². The zero-order valence-corrected chi connectivity index (χ0v) is 21.9. The van der Waals surface area contributed by atoms with E-state index in [2.05, 4.69) is 17.9 Å². The second-order valence-corrected chi connectivity index (χ2v) is 8.97. The molecule has 2 heterocycles. The third-order valence-electron chi connectivity index (χ3n) is 6.77. The number of piperidine rings is 1. The standard InChI is InChI=1S/C28H35N3O5/c1-7-14-30-16-20(15-19-10-8-12-23(33-3)27(19)35-5)25-22(17-30)26(31(29-25)18(2)32)21-11-9-13-24(34-4)28(21)36-6/h8-13,15,22,26H,7,14,16-17H2,1-6H3/b20-15+. The number of carbonyl (C=O) groups is 1. The van der Waals surface area contributed by atoms with E-state index < -0.39 is 0 Å². The number of likely N-dealkylation sites (tertiary alicyclic amines) is 1. The van der Waals surface area contributed by atoms with E-state index in [1.807, 2.05) is 36.4 Å². The minimum atomic E-state index is -0.308. The number of hydrogen-bond donors (Lipinski definition) is 0. The highest BCUT2D eigenvalue weighted by Gasteiger charge is 2.46. The molecule has 192 valence electrons. The lowest BCUT2D eigenvalue weighted by Crippen LogP contribution is -2.44. The number of amides is 1. The van der Waals surface area contributed by atoms with Gasteiger partial charge in [0, 0.05) is 37.1 Å². The van der Waals surface area contributed by atoms with Gasteiger partial charge in [-0.2, -0.15) is 5.10 Å². The summed E-state index contributed by atoms with van der Waals surface area (Å²) in [5.74, 6) is 2.45. The molecule has 0 bridgehead atoms. The van der Waals surface area contributed by atoms with Gasteiger partial charge in [0.05, 0.1) is 40.2 Å². The molecule has 0 spiro atoms. The van der Waals surface area contributed by atoms with Crippen molar-refractivity contribution in [1.29, 1.82) is 0 Å². The van der Waals surface area contributed by atoms with Crippen LogP contribution < -0.4 is 18.9 Å². The van der Waals surface area contributed by atoms with Crippen molar-refractivity contribution in [2.75, 3.05) is 48.1 Å². The summed E-state index contributed by atoms with van der Waals surface area (Å²) in [6.07, 6.45) is 3.14. The highest BCUT2D eigenvalue weighted by atomic mass is 16.5. The number of rotatable bonds is 8. The molecule has 0 N–H and O–H groups in total. The Bertz CT molecular complexity index is 1180. The molecule has 2 aromatic carbocycles. The molecule has 0 radical (unpaired) electrons. The van der Waals surface area contributed by atoms with Gasteiger partial charge in [0.15, 0.2) is 23.0 Å². The Balaban J connectivity index is 1.86. The second-order valence-electron chi connectivity index (χ2n) is 8.97. The summed E-state index contributed by atoms with van der Waals surface area (Å²) in [5, 5.41) is 6.51. The number of carbonyl (C=O) groups excluding carboxylic acids is 1. The molecule has 8 heteroatoms. The van der Waals surface area contributed by atoms with Crippen LogP contribution in [0.1, 0.15) is 37.4 Å². The van der Waals surface area contributed by atoms with Gasteiger partial charge in [-0.1, -0.05) is 31.2 Å². The Morgan fingerprint density at radius 3 is 2.28 bits per heavy atom. The number of fused-ring (bicyclic) bond motifs is 1. The molecule has 0 aromatic heterocycles. The molecule has 1 saturated heterocycles. The number of nitrogens with zero attached hydrogens (tertiary/aromatic N) is 3. The van der Waals surface area contributed by atoms with E-state index in [4.69, 9.17) is 24.0 Å². The number of para-hydroxylation sites is 2. The normalized spacial score (nSPS) is 20.7. The van der Waals surface area contributed by atoms with Gasteiger partial charge < -0.3 is 18.9 Å². The average Bonchev–Trinajstić information content (AvgIpc) is 3.28. The number of hydrogen-bond acceptors (Lipinski definition) is 7. The number of benzene rings is 2. The zero-order chi connectivity index (χ0) is 25.8. The van der Waals surface area contributed by atoms with E-state index in [0.29, 0.717) is 23.0 Å². The monoisotopic (exact) mass is 493 g/mol. The summed E-state index contributed by atoms with van der Waals surface area (Å²) in [6.45, 7) is 6.19. The van der Waals surface area contributed by atoms with Crippen molar-refractivity contribution in [2.45, 2.75) is 26.3 Å². The van der Waals surface area contributed by atoms with E-state index in [-0.39, 0.29) is 17.9 Å². The molecule has 0 saturated carbocycles. The van der Waals surface area contributed by atoms with Gasteiger partial charge in [0.1, 0.15) is 0 Å². The number of ether oxygens (including phenoxy) is 4. The van der Waals surface area contributed by atoms with Crippen LogP contribution in [-0.2, 0) is 4.79 Å². The molecule has 36 heavy (non-hydrogen) atoms. The van der Waals surface area contributed by atoms with Crippen LogP contribution in [0.5, 0.6) is 23.0 Å². The lowest BCUT2D eigenvalue weighted by Gasteiger charge is -2.36. The van der Waals surface area contributed by atoms with Crippen molar-refractivity contribution in [3.63, 3.8) is 0 Å². The summed E-state index contributed by atoms with van der Waals surface area (Å²) in [6, 6.07) is 11.3. The molecule has 8 nitrogen and oxygen atoms in total. The Morgan fingerprint density at radius 1 is 1.00 bits per heavy atom. The first kappa shape index (κ1) is 25.6. The van der Waals surface area contributed by atoms with Gasteiger partial charge in [-0.05, 0) is 36.7 Å². The molecule has 1 fully saturated rings. The average molecular weight is 494 g/mol. The van der Waals surface area contributed by atoms with E-state index in [0.717, 1.165) is 48.5 Å². The lowest BCUT2D eigenvalue weighted by atomic mass is 9.82. The molecule has 2 atom stereocenters. The summed E-state index contributed by atoms with van der Waals surface area (Å²) in [7, 11) is 6.52. The van der Waals surface area contributed by atoms with Crippen LogP contribution in [0.3, 0.4) is 0 Å². The predicted octanol–water partition coefficient (Wildman–Crippen LogP) is 4.41. The molecular formula is C28H35N3O5. The largest absolute Gasteiger partial charge is 0.493 e. The van der Waals surface area contributed by atoms with Gasteiger partial charge in [0.25, 0.3) is 0 Å². The minimum Gasteiger partial charge on any atom is -0.493 e. The third-order valence-corrected chi connectivity index (χ3v) is 6.77. The van der Waals surface area contributed by atoms with E-state index >= 15 is 0 Å². The zero-order valence-electron chi connectivity index (χ0n) is 21.9. The van der Waals surface area contributed by atoms with E-state index in [1.54, 1.807) is 40.4 Å². The highest BCUT2D eigenvalue weighted by molar-refractivity contribution is 6.09. The molecule has 1 amide bonds. The Kier molecular flexibility index (Phi) is 7.84. The fourth-order valence-corrected chi connectivity index (χ4v) is 5.30. The third kappa shape index (κ3) is 4.65. The van der Waals surface area contributed by atoms with Gasteiger partial charge in [-0.3, -0.25) is 9.69 Å². The number of methoxy groups -OCH3 is 4. The Hall–Kier alpha value is -3.52. The maximum Gasteiger partial charge on any atom is 0.240 e. The van der Waals surface area contributed by atoms with Gasteiger partial charge in [-0.15, -0.1) is 0 Å². The first-order valence-corrected chi connectivity index (χ1v) is 12.2.